The zero-order valence-corrected chi connectivity index (χ0v) is 18.2. The zero-order valence-electron chi connectivity index (χ0n) is 18.2. The summed E-state index contributed by atoms with van der Waals surface area (Å²) < 4.78 is 13.0. The van der Waals surface area contributed by atoms with Crippen LogP contribution in [0.25, 0.3) is 0 Å². The molecule has 1 aromatic carbocycles. The van der Waals surface area contributed by atoms with Crippen LogP contribution >= 0.6 is 0 Å². The number of methoxy groups -OCH3 is 2. The maximum Gasteiger partial charge on any atom is 0.191 e. The molecular formula is C21H34N6O2. The quantitative estimate of drug-likeness (QED) is 0.341. The van der Waals surface area contributed by atoms with Gasteiger partial charge in [0.25, 0.3) is 0 Å². The van der Waals surface area contributed by atoms with Crippen molar-refractivity contribution in [3.8, 4) is 11.5 Å². The second-order valence-corrected chi connectivity index (χ2v) is 6.78. The normalized spacial score (nSPS) is 12.5. The highest BCUT2D eigenvalue weighted by atomic mass is 16.5. The van der Waals surface area contributed by atoms with E-state index in [1.807, 2.05) is 18.2 Å². The summed E-state index contributed by atoms with van der Waals surface area (Å²) in [5.74, 6) is 3.38. The van der Waals surface area contributed by atoms with Gasteiger partial charge in [0.2, 0.25) is 0 Å². The van der Waals surface area contributed by atoms with Gasteiger partial charge in [0, 0.05) is 31.6 Å². The van der Waals surface area contributed by atoms with Gasteiger partial charge >= 0.3 is 0 Å². The lowest BCUT2D eigenvalue weighted by Gasteiger charge is -2.21. The van der Waals surface area contributed by atoms with Crippen LogP contribution < -0.4 is 20.1 Å². The van der Waals surface area contributed by atoms with Crippen molar-refractivity contribution in [3.63, 3.8) is 0 Å². The van der Waals surface area contributed by atoms with Gasteiger partial charge in [-0.05, 0) is 31.5 Å². The van der Waals surface area contributed by atoms with Crippen LogP contribution in [0.1, 0.15) is 51.0 Å². The highest BCUT2D eigenvalue weighted by Crippen LogP contribution is 2.29. The Morgan fingerprint density at radius 1 is 1.24 bits per heavy atom. The maximum absolute atomic E-state index is 5.53. The lowest BCUT2D eigenvalue weighted by molar-refractivity contribution is 0.394. The molecule has 0 amide bonds. The van der Waals surface area contributed by atoms with Crippen molar-refractivity contribution in [2.24, 2.45) is 4.99 Å². The topological polar surface area (TPSA) is 85.6 Å². The van der Waals surface area contributed by atoms with E-state index in [0.29, 0.717) is 0 Å². The summed E-state index contributed by atoms with van der Waals surface area (Å²) in [7, 11) is 3.34. The predicted molar refractivity (Wildman–Crippen MR) is 116 cm³/mol. The van der Waals surface area contributed by atoms with Crippen LogP contribution in [0.4, 0.5) is 0 Å². The first kappa shape index (κ1) is 22.5. The molecule has 0 spiro atoms. The van der Waals surface area contributed by atoms with Crippen molar-refractivity contribution < 1.29 is 9.47 Å². The average Bonchev–Trinajstić information content (AvgIpc) is 3.20. The van der Waals surface area contributed by atoms with Gasteiger partial charge in [-0.15, -0.1) is 10.2 Å². The third-order valence-electron chi connectivity index (χ3n) is 4.70. The summed E-state index contributed by atoms with van der Waals surface area (Å²) in [6.07, 6.45) is 4.79. The number of hydrogen-bond acceptors (Lipinski definition) is 5. The number of guanidine groups is 1. The minimum absolute atomic E-state index is 0.00552. The molecule has 2 N–H and O–H groups in total. The first-order valence-corrected chi connectivity index (χ1v) is 10.3. The van der Waals surface area contributed by atoms with E-state index in [9.17, 15) is 0 Å². The smallest absolute Gasteiger partial charge is 0.191 e. The number of unbranched alkanes of at least 4 members (excludes halogenated alkanes) is 1. The van der Waals surface area contributed by atoms with Crippen LogP contribution in [-0.4, -0.2) is 48.0 Å². The molecular weight excluding hydrogens is 368 g/mol. The molecule has 160 valence electrons. The number of rotatable bonds is 11. The van der Waals surface area contributed by atoms with E-state index >= 15 is 0 Å². The molecule has 29 heavy (non-hydrogen) atoms. The predicted octanol–water partition coefficient (Wildman–Crippen LogP) is 2.95. The second-order valence-electron chi connectivity index (χ2n) is 6.78. The van der Waals surface area contributed by atoms with E-state index in [0.717, 1.165) is 67.7 Å². The molecule has 2 rings (SSSR count). The Morgan fingerprint density at radius 3 is 2.76 bits per heavy atom. The summed E-state index contributed by atoms with van der Waals surface area (Å²) >= 11 is 0. The van der Waals surface area contributed by atoms with Crippen molar-refractivity contribution >= 4 is 5.96 Å². The highest BCUT2D eigenvalue weighted by Gasteiger charge is 2.14. The molecule has 0 fully saturated rings. The van der Waals surface area contributed by atoms with Crippen LogP contribution in [0.5, 0.6) is 11.5 Å². The van der Waals surface area contributed by atoms with Crippen molar-refractivity contribution in [2.75, 3.05) is 27.3 Å². The van der Waals surface area contributed by atoms with Gasteiger partial charge in [-0.2, -0.15) is 0 Å². The molecule has 0 aliphatic carbocycles. The van der Waals surface area contributed by atoms with E-state index in [2.05, 4.69) is 46.2 Å². The first-order valence-electron chi connectivity index (χ1n) is 10.3. The second kappa shape index (κ2) is 11.9. The van der Waals surface area contributed by atoms with Crippen LogP contribution in [0.3, 0.4) is 0 Å². The molecule has 8 heteroatoms. The number of hydrogen-bond donors (Lipinski definition) is 2. The highest BCUT2D eigenvalue weighted by molar-refractivity contribution is 5.80. The molecule has 0 radical (unpaired) electrons. The largest absolute Gasteiger partial charge is 0.497 e. The summed E-state index contributed by atoms with van der Waals surface area (Å²) in [6.45, 7) is 8.62. The number of aryl methyl sites for hydroxylation is 1. The summed E-state index contributed by atoms with van der Waals surface area (Å²) in [5.41, 5.74) is 1.02. The Bertz CT molecular complexity index is 774. The SMILES string of the molecule is CCCCN=C(NCCn1cnnc1CC)NC(C)c1cc(OC)ccc1OC. The minimum Gasteiger partial charge on any atom is -0.497 e. The van der Waals surface area contributed by atoms with Gasteiger partial charge in [0.15, 0.2) is 5.96 Å². The monoisotopic (exact) mass is 402 g/mol. The number of aliphatic imine (C=N–C) groups is 1. The van der Waals surface area contributed by atoms with E-state index < -0.39 is 0 Å². The van der Waals surface area contributed by atoms with Crippen molar-refractivity contribution in [2.45, 2.75) is 52.6 Å². The van der Waals surface area contributed by atoms with Gasteiger partial charge in [-0.1, -0.05) is 20.3 Å². The summed E-state index contributed by atoms with van der Waals surface area (Å²) in [5, 5.41) is 15.0. The van der Waals surface area contributed by atoms with Gasteiger partial charge in [-0.3, -0.25) is 4.99 Å². The lowest BCUT2D eigenvalue weighted by atomic mass is 10.1. The van der Waals surface area contributed by atoms with Crippen molar-refractivity contribution in [1.29, 1.82) is 0 Å². The molecule has 0 saturated carbocycles. The molecule has 1 aromatic heterocycles. The Hall–Kier alpha value is -2.77. The van der Waals surface area contributed by atoms with Gasteiger partial charge in [0.1, 0.15) is 23.7 Å². The number of nitrogens with zero attached hydrogens (tertiary/aromatic N) is 4. The van der Waals surface area contributed by atoms with Gasteiger partial charge < -0.3 is 24.7 Å². The van der Waals surface area contributed by atoms with Crippen molar-refractivity contribution in [1.82, 2.24) is 25.4 Å². The fraction of sp³-hybridized carbons (Fsp3) is 0.571. The third-order valence-corrected chi connectivity index (χ3v) is 4.70. The van der Waals surface area contributed by atoms with E-state index in [1.54, 1.807) is 20.5 Å². The number of aromatic nitrogens is 3. The van der Waals surface area contributed by atoms with Crippen LogP contribution in [0.2, 0.25) is 0 Å². The Kier molecular flexibility index (Phi) is 9.27. The number of ether oxygens (including phenoxy) is 2. The van der Waals surface area contributed by atoms with Crippen LogP contribution in [0, 0.1) is 0 Å². The molecule has 0 aliphatic heterocycles. The molecule has 0 aliphatic rings. The fourth-order valence-corrected chi connectivity index (χ4v) is 3.00. The van der Waals surface area contributed by atoms with E-state index in [-0.39, 0.29) is 6.04 Å². The molecule has 1 heterocycles. The standard InChI is InChI=1S/C21H34N6O2/c1-6-8-11-22-21(23-12-13-27-15-24-26-20(27)7-2)25-16(3)18-14-17(28-4)9-10-19(18)29-5/h9-10,14-16H,6-8,11-13H2,1-5H3,(H2,22,23,25). The number of benzene rings is 1. The summed E-state index contributed by atoms with van der Waals surface area (Å²) in [4.78, 5) is 4.72. The molecule has 2 aromatic rings. The van der Waals surface area contributed by atoms with Crippen LogP contribution in [-0.2, 0) is 13.0 Å². The summed E-state index contributed by atoms with van der Waals surface area (Å²) in [6, 6.07) is 5.80. The van der Waals surface area contributed by atoms with Gasteiger partial charge in [0.05, 0.1) is 20.3 Å². The van der Waals surface area contributed by atoms with E-state index in [4.69, 9.17) is 14.5 Å². The van der Waals surface area contributed by atoms with Crippen LogP contribution in [0.15, 0.2) is 29.5 Å². The minimum atomic E-state index is -0.00552. The van der Waals surface area contributed by atoms with Gasteiger partial charge in [-0.25, -0.2) is 0 Å². The van der Waals surface area contributed by atoms with Crippen molar-refractivity contribution in [3.05, 3.63) is 35.9 Å². The third kappa shape index (κ3) is 6.66. The van der Waals surface area contributed by atoms with E-state index in [1.165, 1.54) is 0 Å². The number of nitrogens with one attached hydrogen (secondary N) is 2. The molecule has 1 atom stereocenters. The molecule has 1 unspecified atom stereocenters. The Morgan fingerprint density at radius 2 is 2.07 bits per heavy atom. The zero-order chi connectivity index (χ0) is 21.1. The average molecular weight is 403 g/mol. The molecule has 0 saturated heterocycles. The maximum atomic E-state index is 5.53. The molecule has 8 nitrogen and oxygen atoms in total. The first-order chi connectivity index (χ1) is 14.1. The lowest BCUT2D eigenvalue weighted by Crippen LogP contribution is -2.40. The molecule has 0 bridgehead atoms. The Balaban J connectivity index is 2.06. The fourth-order valence-electron chi connectivity index (χ4n) is 3.00. The Labute approximate surface area is 173 Å².